The highest BCUT2D eigenvalue weighted by atomic mass is 79.9. The quantitative estimate of drug-likeness (QED) is 0.861. The van der Waals surface area contributed by atoms with Crippen molar-refractivity contribution >= 4 is 15.9 Å². The first kappa shape index (κ1) is 14.4. The van der Waals surface area contributed by atoms with Gasteiger partial charge in [0.05, 0.1) is 32.4 Å². The second-order valence-corrected chi connectivity index (χ2v) is 4.92. The van der Waals surface area contributed by atoms with Gasteiger partial charge in [-0.1, -0.05) is 0 Å². The summed E-state index contributed by atoms with van der Waals surface area (Å²) < 4.78 is 13.1. The van der Waals surface area contributed by atoms with E-state index in [2.05, 4.69) is 27.0 Å². The lowest BCUT2D eigenvalue weighted by Crippen LogP contribution is -1.99. The third-order valence-corrected chi connectivity index (χ3v) is 3.66. The fraction of sp³-hybridized carbons (Fsp3) is 0.286. The summed E-state index contributed by atoms with van der Waals surface area (Å²) in [6.07, 6.45) is 0.297. The highest BCUT2D eigenvalue weighted by Crippen LogP contribution is 2.31. The van der Waals surface area contributed by atoms with Crippen molar-refractivity contribution in [2.24, 2.45) is 7.05 Å². The van der Waals surface area contributed by atoms with Gasteiger partial charge in [0, 0.05) is 18.7 Å². The number of hydrogen-bond donors (Lipinski definition) is 0. The van der Waals surface area contributed by atoms with Crippen LogP contribution in [0.1, 0.15) is 5.69 Å². The van der Waals surface area contributed by atoms with Gasteiger partial charge in [0.25, 0.3) is 0 Å². The predicted molar refractivity (Wildman–Crippen MR) is 78.8 cm³/mol. The van der Waals surface area contributed by atoms with Crippen molar-refractivity contribution in [1.29, 1.82) is 5.26 Å². The molecule has 0 fully saturated rings. The standard InChI is InChI=1S/C14H14BrN3O2/c1-18-12(4-5-16)13(15)17-14(18)9-6-10(19-2)8-11(7-9)20-3/h6-8H,4H2,1-3H3. The zero-order valence-electron chi connectivity index (χ0n) is 11.5. The number of benzene rings is 1. The fourth-order valence-corrected chi connectivity index (χ4v) is 2.53. The van der Waals surface area contributed by atoms with E-state index in [0.717, 1.165) is 17.1 Å². The number of nitrogens with zero attached hydrogens (tertiary/aromatic N) is 3. The van der Waals surface area contributed by atoms with E-state index in [9.17, 15) is 0 Å². The predicted octanol–water partition coefficient (Wildman–Crippen LogP) is 2.93. The van der Waals surface area contributed by atoms with Crippen molar-refractivity contribution in [1.82, 2.24) is 9.55 Å². The van der Waals surface area contributed by atoms with E-state index in [1.54, 1.807) is 20.3 Å². The molecule has 0 amide bonds. The molecular formula is C14H14BrN3O2. The highest BCUT2D eigenvalue weighted by Gasteiger charge is 2.15. The molecule has 0 aliphatic carbocycles. The number of ether oxygens (including phenoxy) is 2. The van der Waals surface area contributed by atoms with Gasteiger partial charge in [-0.3, -0.25) is 0 Å². The summed E-state index contributed by atoms with van der Waals surface area (Å²) in [6.45, 7) is 0. The van der Waals surface area contributed by atoms with Crippen LogP contribution in [0.25, 0.3) is 11.4 Å². The van der Waals surface area contributed by atoms with E-state index < -0.39 is 0 Å². The lowest BCUT2D eigenvalue weighted by Gasteiger charge is -2.09. The van der Waals surface area contributed by atoms with Crippen LogP contribution >= 0.6 is 15.9 Å². The van der Waals surface area contributed by atoms with Gasteiger partial charge in [0.1, 0.15) is 21.9 Å². The van der Waals surface area contributed by atoms with Crippen LogP contribution in [0.5, 0.6) is 11.5 Å². The summed E-state index contributed by atoms with van der Waals surface area (Å²) in [5.74, 6) is 2.14. The largest absolute Gasteiger partial charge is 0.497 e. The molecule has 0 atom stereocenters. The Labute approximate surface area is 125 Å². The maximum absolute atomic E-state index is 8.86. The molecule has 0 unspecified atom stereocenters. The van der Waals surface area contributed by atoms with Crippen molar-refractivity contribution in [3.8, 4) is 29.0 Å². The van der Waals surface area contributed by atoms with Crippen LogP contribution in [-0.2, 0) is 13.5 Å². The molecule has 0 N–H and O–H groups in total. The number of methoxy groups -OCH3 is 2. The number of halogens is 1. The molecule has 1 heterocycles. The Morgan fingerprint density at radius 3 is 2.35 bits per heavy atom. The van der Waals surface area contributed by atoms with Crippen LogP contribution in [0, 0.1) is 11.3 Å². The van der Waals surface area contributed by atoms with Crippen molar-refractivity contribution in [2.45, 2.75) is 6.42 Å². The fourth-order valence-electron chi connectivity index (χ4n) is 1.96. The van der Waals surface area contributed by atoms with E-state index in [-0.39, 0.29) is 0 Å². The summed E-state index contributed by atoms with van der Waals surface area (Å²) >= 11 is 3.39. The molecule has 6 heteroatoms. The summed E-state index contributed by atoms with van der Waals surface area (Å²) in [5.41, 5.74) is 1.71. The highest BCUT2D eigenvalue weighted by molar-refractivity contribution is 9.10. The van der Waals surface area contributed by atoms with Gasteiger partial charge >= 0.3 is 0 Å². The zero-order chi connectivity index (χ0) is 14.7. The summed E-state index contributed by atoms with van der Waals surface area (Å²) in [4.78, 5) is 4.47. The molecule has 0 aliphatic heterocycles. The van der Waals surface area contributed by atoms with Crippen molar-refractivity contribution in [2.75, 3.05) is 14.2 Å². The van der Waals surface area contributed by atoms with Crippen molar-refractivity contribution in [3.63, 3.8) is 0 Å². The monoisotopic (exact) mass is 335 g/mol. The third kappa shape index (κ3) is 2.63. The molecule has 0 saturated carbocycles. The van der Waals surface area contributed by atoms with E-state index in [4.69, 9.17) is 14.7 Å². The number of imidazole rings is 1. The second-order valence-electron chi connectivity index (χ2n) is 4.17. The summed E-state index contributed by atoms with van der Waals surface area (Å²) in [6, 6.07) is 7.70. The minimum atomic E-state index is 0.297. The Hall–Kier alpha value is -2.00. The molecule has 0 saturated heterocycles. The Kier molecular flexibility index (Phi) is 4.30. The first-order valence-corrected chi connectivity index (χ1v) is 6.71. The average molecular weight is 336 g/mol. The molecule has 0 aliphatic rings. The van der Waals surface area contributed by atoms with Crippen molar-refractivity contribution in [3.05, 3.63) is 28.5 Å². The van der Waals surface area contributed by atoms with Gasteiger partial charge in [0.2, 0.25) is 0 Å². The SMILES string of the molecule is COc1cc(OC)cc(-c2nc(Br)c(CC#N)n2C)c1. The van der Waals surface area contributed by atoms with Crippen LogP contribution < -0.4 is 9.47 Å². The molecule has 0 radical (unpaired) electrons. The first-order chi connectivity index (χ1) is 9.60. The van der Waals surface area contributed by atoms with Crippen molar-refractivity contribution < 1.29 is 9.47 Å². The minimum absolute atomic E-state index is 0.297. The topological polar surface area (TPSA) is 60.1 Å². The molecule has 1 aromatic carbocycles. The van der Waals surface area contributed by atoms with E-state index in [0.29, 0.717) is 22.5 Å². The molecule has 104 valence electrons. The van der Waals surface area contributed by atoms with Gasteiger partial charge in [-0.2, -0.15) is 5.26 Å². The van der Waals surface area contributed by atoms with E-state index in [1.807, 2.05) is 23.7 Å². The smallest absolute Gasteiger partial charge is 0.141 e. The molecular weight excluding hydrogens is 322 g/mol. The molecule has 5 nitrogen and oxygen atoms in total. The Bertz CT molecular complexity index is 652. The molecule has 2 aromatic rings. The molecule has 1 aromatic heterocycles. The Balaban J connectivity index is 2.57. The first-order valence-electron chi connectivity index (χ1n) is 5.92. The number of nitriles is 1. The molecule has 0 bridgehead atoms. The van der Waals surface area contributed by atoms with Crippen LogP contribution in [-0.4, -0.2) is 23.8 Å². The lowest BCUT2D eigenvalue weighted by atomic mass is 10.2. The molecule has 0 spiro atoms. The number of hydrogen-bond acceptors (Lipinski definition) is 4. The zero-order valence-corrected chi connectivity index (χ0v) is 13.1. The van der Waals surface area contributed by atoms with Gasteiger partial charge in [-0.15, -0.1) is 0 Å². The van der Waals surface area contributed by atoms with E-state index in [1.165, 1.54) is 0 Å². The van der Waals surface area contributed by atoms with Crippen LogP contribution in [0.4, 0.5) is 0 Å². The van der Waals surface area contributed by atoms with Gasteiger partial charge in [-0.25, -0.2) is 4.98 Å². The van der Waals surface area contributed by atoms with Gasteiger partial charge < -0.3 is 14.0 Å². The third-order valence-electron chi connectivity index (χ3n) is 3.02. The van der Waals surface area contributed by atoms with Crippen LogP contribution in [0.2, 0.25) is 0 Å². The molecule has 2 rings (SSSR count). The molecule has 20 heavy (non-hydrogen) atoms. The Morgan fingerprint density at radius 1 is 1.25 bits per heavy atom. The second kappa shape index (κ2) is 5.97. The van der Waals surface area contributed by atoms with Crippen LogP contribution in [0.15, 0.2) is 22.8 Å². The van der Waals surface area contributed by atoms with E-state index >= 15 is 0 Å². The Morgan fingerprint density at radius 2 is 1.85 bits per heavy atom. The average Bonchev–Trinajstić information content (AvgIpc) is 2.75. The minimum Gasteiger partial charge on any atom is -0.497 e. The van der Waals surface area contributed by atoms with Crippen LogP contribution in [0.3, 0.4) is 0 Å². The summed E-state index contributed by atoms with van der Waals surface area (Å²) in [7, 11) is 5.09. The van der Waals surface area contributed by atoms with Gasteiger partial charge in [0.15, 0.2) is 0 Å². The number of aromatic nitrogens is 2. The maximum atomic E-state index is 8.86. The summed E-state index contributed by atoms with van der Waals surface area (Å²) in [5, 5.41) is 8.86. The normalized spacial score (nSPS) is 10.2. The lowest BCUT2D eigenvalue weighted by molar-refractivity contribution is 0.394. The maximum Gasteiger partial charge on any atom is 0.141 e. The van der Waals surface area contributed by atoms with Gasteiger partial charge in [-0.05, 0) is 28.1 Å². The number of rotatable bonds is 4.